The molecule has 0 unspecified atom stereocenters. The molecule has 1 aliphatic heterocycles. The zero-order valence-corrected chi connectivity index (χ0v) is 15.1. The van der Waals surface area contributed by atoms with Gasteiger partial charge in [0, 0.05) is 31.6 Å². The second kappa shape index (κ2) is 8.31. The molecular formula is C18H26N4O3. The van der Waals surface area contributed by atoms with Crippen LogP contribution in [0.2, 0.25) is 0 Å². The number of hydrogen-bond acceptors (Lipinski definition) is 7. The number of hydrogen-bond donors (Lipinski definition) is 1. The van der Waals surface area contributed by atoms with E-state index in [1.54, 1.807) is 14.2 Å². The van der Waals surface area contributed by atoms with Gasteiger partial charge in [-0.25, -0.2) is 0 Å². The highest BCUT2D eigenvalue weighted by Gasteiger charge is 2.21. The molecule has 3 rings (SSSR count). The van der Waals surface area contributed by atoms with Crippen molar-refractivity contribution in [3.8, 4) is 11.5 Å². The van der Waals surface area contributed by atoms with Crippen LogP contribution < -0.4 is 14.8 Å². The molecule has 7 nitrogen and oxygen atoms in total. The predicted octanol–water partition coefficient (Wildman–Crippen LogP) is 2.15. The van der Waals surface area contributed by atoms with Gasteiger partial charge >= 0.3 is 0 Å². The molecule has 1 N–H and O–H groups in total. The average molecular weight is 346 g/mol. The molecule has 0 aliphatic carbocycles. The summed E-state index contributed by atoms with van der Waals surface area (Å²) in [5, 5.41) is 7.64. The minimum Gasteiger partial charge on any atom is -0.497 e. The molecule has 0 saturated carbocycles. The van der Waals surface area contributed by atoms with Crippen LogP contribution >= 0.6 is 0 Å². The number of aryl methyl sites for hydroxylation is 1. The molecule has 0 bridgehead atoms. The highest BCUT2D eigenvalue weighted by molar-refractivity contribution is 5.40. The SMILES string of the molecule is COc1ccc(OC)c(CN[C@H]2CCCN(Cc3noc(C)n3)C2)c1. The predicted molar refractivity (Wildman–Crippen MR) is 93.7 cm³/mol. The zero-order valence-electron chi connectivity index (χ0n) is 15.1. The summed E-state index contributed by atoms with van der Waals surface area (Å²) < 4.78 is 15.8. The van der Waals surface area contributed by atoms with Gasteiger partial charge in [-0.3, -0.25) is 4.90 Å². The first-order valence-corrected chi connectivity index (χ1v) is 8.63. The Morgan fingerprint density at radius 3 is 2.92 bits per heavy atom. The maximum atomic E-state index is 5.45. The quantitative estimate of drug-likeness (QED) is 0.823. The van der Waals surface area contributed by atoms with Gasteiger partial charge in [-0.2, -0.15) is 4.98 Å². The first-order valence-electron chi connectivity index (χ1n) is 8.63. The zero-order chi connectivity index (χ0) is 17.6. The van der Waals surface area contributed by atoms with Crippen molar-refractivity contribution in [3.05, 3.63) is 35.5 Å². The fourth-order valence-corrected chi connectivity index (χ4v) is 3.25. The van der Waals surface area contributed by atoms with Gasteiger partial charge in [-0.15, -0.1) is 0 Å². The molecule has 25 heavy (non-hydrogen) atoms. The minimum atomic E-state index is 0.428. The van der Waals surface area contributed by atoms with E-state index in [4.69, 9.17) is 14.0 Å². The van der Waals surface area contributed by atoms with Crippen molar-refractivity contribution in [2.75, 3.05) is 27.3 Å². The number of nitrogens with one attached hydrogen (secondary N) is 1. The number of nitrogens with zero attached hydrogens (tertiary/aromatic N) is 3. The first kappa shape index (κ1) is 17.7. The number of methoxy groups -OCH3 is 2. The number of rotatable bonds is 7. The standard InChI is InChI=1S/C18H26N4O3/c1-13-20-18(21-25-13)12-22-8-4-5-15(11-22)19-10-14-9-16(23-2)6-7-17(14)24-3/h6-7,9,15,19H,4-5,8,10-12H2,1-3H3/t15-/m0/s1. The lowest BCUT2D eigenvalue weighted by molar-refractivity contribution is 0.177. The van der Waals surface area contributed by atoms with E-state index in [1.807, 2.05) is 25.1 Å². The van der Waals surface area contributed by atoms with Crippen molar-refractivity contribution >= 4 is 0 Å². The number of aromatic nitrogens is 2. The lowest BCUT2D eigenvalue weighted by Crippen LogP contribution is -2.45. The number of likely N-dealkylation sites (tertiary alicyclic amines) is 1. The van der Waals surface area contributed by atoms with Gasteiger partial charge in [0.25, 0.3) is 0 Å². The minimum absolute atomic E-state index is 0.428. The van der Waals surface area contributed by atoms with Crippen molar-refractivity contribution in [2.45, 2.75) is 38.9 Å². The third-order valence-electron chi connectivity index (χ3n) is 4.51. The van der Waals surface area contributed by atoms with Gasteiger partial charge in [-0.1, -0.05) is 5.16 Å². The van der Waals surface area contributed by atoms with Crippen LogP contribution in [0.1, 0.15) is 30.1 Å². The van der Waals surface area contributed by atoms with E-state index in [-0.39, 0.29) is 0 Å². The summed E-state index contributed by atoms with van der Waals surface area (Å²) in [6.45, 7) is 5.34. The molecule has 1 aromatic heterocycles. The van der Waals surface area contributed by atoms with E-state index in [2.05, 4.69) is 20.4 Å². The smallest absolute Gasteiger partial charge is 0.223 e. The second-order valence-electron chi connectivity index (χ2n) is 6.36. The summed E-state index contributed by atoms with van der Waals surface area (Å²) in [6, 6.07) is 6.31. The largest absolute Gasteiger partial charge is 0.497 e. The van der Waals surface area contributed by atoms with Crippen molar-refractivity contribution in [3.63, 3.8) is 0 Å². The van der Waals surface area contributed by atoms with Gasteiger partial charge < -0.3 is 19.3 Å². The van der Waals surface area contributed by atoms with E-state index < -0.39 is 0 Å². The Hall–Kier alpha value is -2.12. The summed E-state index contributed by atoms with van der Waals surface area (Å²) in [7, 11) is 3.37. The first-order chi connectivity index (χ1) is 12.2. The third kappa shape index (κ3) is 4.70. The lowest BCUT2D eigenvalue weighted by Gasteiger charge is -2.32. The topological polar surface area (TPSA) is 72.7 Å². The summed E-state index contributed by atoms with van der Waals surface area (Å²) in [5.74, 6) is 3.10. The molecule has 0 amide bonds. The van der Waals surface area contributed by atoms with Crippen LogP contribution in [0.3, 0.4) is 0 Å². The van der Waals surface area contributed by atoms with Gasteiger partial charge in [0.05, 0.1) is 20.8 Å². The Kier molecular flexibility index (Phi) is 5.88. The van der Waals surface area contributed by atoms with Crippen LogP contribution in [0.4, 0.5) is 0 Å². The normalized spacial score (nSPS) is 18.3. The molecule has 1 atom stereocenters. The number of benzene rings is 1. The van der Waals surface area contributed by atoms with Crippen LogP contribution in [0, 0.1) is 6.92 Å². The number of ether oxygens (including phenoxy) is 2. The van der Waals surface area contributed by atoms with Crippen LogP contribution in [0.15, 0.2) is 22.7 Å². The molecule has 1 fully saturated rings. The summed E-state index contributed by atoms with van der Waals surface area (Å²) in [6.07, 6.45) is 2.32. The van der Waals surface area contributed by atoms with Crippen LogP contribution in [0.25, 0.3) is 0 Å². The molecule has 136 valence electrons. The Morgan fingerprint density at radius 2 is 2.20 bits per heavy atom. The van der Waals surface area contributed by atoms with E-state index in [0.29, 0.717) is 11.9 Å². The highest BCUT2D eigenvalue weighted by atomic mass is 16.5. The maximum Gasteiger partial charge on any atom is 0.223 e. The Balaban J connectivity index is 1.56. The van der Waals surface area contributed by atoms with Crippen molar-refractivity contribution < 1.29 is 14.0 Å². The molecule has 1 saturated heterocycles. The fraction of sp³-hybridized carbons (Fsp3) is 0.556. The molecule has 1 aromatic carbocycles. The molecule has 7 heteroatoms. The summed E-state index contributed by atoms with van der Waals surface area (Å²) in [4.78, 5) is 6.66. The Bertz CT molecular complexity index is 689. The Labute approximate surface area is 148 Å². The van der Waals surface area contributed by atoms with Crippen LogP contribution in [0.5, 0.6) is 11.5 Å². The van der Waals surface area contributed by atoms with Crippen molar-refractivity contribution in [1.82, 2.24) is 20.4 Å². The van der Waals surface area contributed by atoms with E-state index in [9.17, 15) is 0 Å². The average Bonchev–Trinajstić information content (AvgIpc) is 3.04. The van der Waals surface area contributed by atoms with Gasteiger partial charge in [0.2, 0.25) is 5.89 Å². The second-order valence-corrected chi connectivity index (χ2v) is 6.36. The third-order valence-corrected chi connectivity index (χ3v) is 4.51. The monoisotopic (exact) mass is 346 g/mol. The molecule has 0 spiro atoms. The van der Waals surface area contributed by atoms with Crippen molar-refractivity contribution in [2.24, 2.45) is 0 Å². The van der Waals surface area contributed by atoms with Gasteiger partial charge in [0.1, 0.15) is 11.5 Å². The molecule has 0 radical (unpaired) electrons. The summed E-state index contributed by atoms with van der Waals surface area (Å²) >= 11 is 0. The van der Waals surface area contributed by atoms with Gasteiger partial charge in [0.15, 0.2) is 5.82 Å². The fourth-order valence-electron chi connectivity index (χ4n) is 3.25. The lowest BCUT2D eigenvalue weighted by atomic mass is 10.0. The molecule has 2 heterocycles. The molecule has 2 aromatic rings. The van der Waals surface area contributed by atoms with E-state index >= 15 is 0 Å². The van der Waals surface area contributed by atoms with Crippen LogP contribution in [-0.4, -0.2) is 48.4 Å². The number of piperidine rings is 1. The van der Waals surface area contributed by atoms with Crippen molar-refractivity contribution in [1.29, 1.82) is 0 Å². The Morgan fingerprint density at radius 1 is 1.32 bits per heavy atom. The molecular weight excluding hydrogens is 320 g/mol. The van der Waals surface area contributed by atoms with E-state index in [0.717, 1.165) is 61.9 Å². The van der Waals surface area contributed by atoms with Gasteiger partial charge in [-0.05, 0) is 37.6 Å². The van der Waals surface area contributed by atoms with E-state index in [1.165, 1.54) is 0 Å². The van der Waals surface area contributed by atoms with Crippen LogP contribution in [-0.2, 0) is 13.1 Å². The summed E-state index contributed by atoms with van der Waals surface area (Å²) in [5.41, 5.74) is 1.10. The molecule has 1 aliphatic rings. The highest BCUT2D eigenvalue weighted by Crippen LogP contribution is 2.24. The maximum absolute atomic E-state index is 5.45.